The molecule has 0 aliphatic carbocycles. The lowest BCUT2D eigenvalue weighted by Gasteiger charge is -2.14. The van der Waals surface area contributed by atoms with Crippen LogP contribution >= 0.6 is 46.8 Å². The van der Waals surface area contributed by atoms with E-state index >= 15 is 0 Å². The van der Waals surface area contributed by atoms with Crippen LogP contribution in [-0.4, -0.2) is 21.6 Å². The van der Waals surface area contributed by atoms with Gasteiger partial charge in [-0.1, -0.05) is 52.7 Å². The topological polar surface area (TPSA) is 79.4 Å². The molecule has 0 aliphatic rings. The largest absolute Gasteiger partial charge is 0.493 e. The zero-order valence-electron chi connectivity index (χ0n) is 19.8. The highest BCUT2D eigenvalue weighted by atomic mass is 35.5. The molecule has 3 heterocycles. The Kier molecular flexibility index (Phi) is 6.56. The van der Waals surface area contributed by atoms with Crippen molar-refractivity contribution in [3.05, 3.63) is 97.9 Å². The molecule has 39 heavy (non-hydrogen) atoms. The molecule has 3 aromatic heterocycles. The number of fused-ring (bicyclic) bond motifs is 2. The summed E-state index contributed by atoms with van der Waals surface area (Å²) in [5.41, 5.74) is 1.56. The fourth-order valence-electron chi connectivity index (χ4n) is 4.02. The Labute approximate surface area is 238 Å². The highest BCUT2D eigenvalue weighted by Gasteiger charge is 2.20. The molecular formula is C27H14Cl2FN3O4S2. The Morgan fingerprint density at radius 2 is 1.82 bits per heavy atom. The third-order valence-corrected chi connectivity index (χ3v) is 7.71. The van der Waals surface area contributed by atoms with E-state index in [1.165, 1.54) is 47.4 Å². The first-order valence-corrected chi connectivity index (χ1v) is 13.2. The number of rotatable bonds is 5. The molecule has 0 saturated carbocycles. The van der Waals surface area contributed by atoms with Gasteiger partial charge in [-0.3, -0.25) is 4.79 Å². The molecular weight excluding hydrogens is 584 g/mol. The van der Waals surface area contributed by atoms with Gasteiger partial charge in [0, 0.05) is 34.5 Å². The molecule has 7 nitrogen and oxygen atoms in total. The molecule has 0 bridgehead atoms. The van der Waals surface area contributed by atoms with Crippen LogP contribution in [0.4, 0.5) is 4.39 Å². The summed E-state index contributed by atoms with van der Waals surface area (Å²) in [7, 11) is 1.46. The van der Waals surface area contributed by atoms with Crippen molar-refractivity contribution < 1.29 is 18.3 Å². The summed E-state index contributed by atoms with van der Waals surface area (Å²) in [6.45, 7) is 0. The Balaban J connectivity index is 1.56. The van der Waals surface area contributed by atoms with E-state index in [-0.39, 0.29) is 31.8 Å². The highest BCUT2D eigenvalue weighted by molar-refractivity contribution is 7.71. The van der Waals surface area contributed by atoms with E-state index in [0.29, 0.717) is 37.9 Å². The number of pyridine rings is 1. The summed E-state index contributed by atoms with van der Waals surface area (Å²) >= 11 is 19.4. The third kappa shape index (κ3) is 4.55. The van der Waals surface area contributed by atoms with E-state index in [1.54, 1.807) is 24.3 Å². The summed E-state index contributed by atoms with van der Waals surface area (Å²) in [4.78, 5) is 22.1. The predicted octanol–water partition coefficient (Wildman–Crippen LogP) is 8.23. The second-order valence-electron chi connectivity index (χ2n) is 8.17. The van der Waals surface area contributed by atoms with Crippen molar-refractivity contribution in [3.63, 3.8) is 0 Å². The number of benzene rings is 3. The molecule has 0 aliphatic heterocycles. The number of methoxy groups -OCH3 is 1. The Morgan fingerprint density at radius 3 is 2.59 bits per heavy atom. The van der Waals surface area contributed by atoms with Crippen molar-refractivity contribution in [1.29, 1.82) is 0 Å². The summed E-state index contributed by atoms with van der Waals surface area (Å²) < 4.78 is 32.7. The molecule has 0 N–H and O–H groups in total. The van der Waals surface area contributed by atoms with Gasteiger partial charge in [-0.2, -0.15) is 0 Å². The number of hydrogen-bond donors (Lipinski definition) is 0. The van der Waals surface area contributed by atoms with Crippen LogP contribution < -0.4 is 15.0 Å². The highest BCUT2D eigenvalue weighted by Crippen LogP contribution is 2.42. The number of thiazole rings is 1. The molecule has 0 unspecified atom stereocenters. The van der Waals surface area contributed by atoms with Gasteiger partial charge in [-0.25, -0.2) is 18.9 Å². The van der Waals surface area contributed by atoms with Crippen LogP contribution in [0.1, 0.15) is 0 Å². The maximum absolute atomic E-state index is 13.6. The molecule has 6 rings (SSSR count). The SMILES string of the molecule is COc1ccnc2c(=O)n(-c3nc4cc(-c5ccccc5Cl)c(Oc5ccc(F)cc5Cl)cc4s3)c(=S)oc12. The lowest BCUT2D eigenvalue weighted by Crippen LogP contribution is -2.20. The van der Waals surface area contributed by atoms with Crippen LogP contribution in [0, 0.1) is 10.7 Å². The van der Waals surface area contributed by atoms with Crippen LogP contribution in [0.5, 0.6) is 17.2 Å². The first-order chi connectivity index (χ1) is 18.8. The van der Waals surface area contributed by atoms with Crippen LogP contribution in [0.3, 0.4) is 0 Å². The summed E-state index contributed by atoms with van der Waals surface area (Å²) in [5.74, 6) is 0.511. The Bertz CT molecular complexity index is 2040. The van der Waals surface area contributed by atoms with Gasteiger partial charge in [0.05, 0.1) is 22.3 Å². The van der Waals surface area contributed by atoms with Crippen LogP contribution in [0.2, 0.25) is 10.0 Å². The summed E-state index contributed by atoms with van der Waals surface area (Å²) in [6.07, 6.45) is 1.45. The molecule has 0 spiro atoms. The molecule has 0 saturated heterocycles. The number of ether oxygens (including phenoxy) is 2. The molecule has 0 atom stereocenters. The van der Waals surface area contributed by atoms with Crippen molar-refractivity contribution in [2.45, 2.75) is 0 Å². The first kappa shape index (κ1) is 25.4. The van der Waals surface area contributed by atoms with E-state index in [1.807, 2.05) is 18.2 Å². The summed E-state index contributed by atoms with van der Waals surface area (Å²) in [6, 6.07) is 16.2. The minimum Gasteiger partial charge on any atom is -0.493 e. The van der Waals surface area contributed by atoms with Crippen molar-refractivity contribution in [2.24, 2.45) is 0 Å². The van der Waals surface area contributed by atoms with Crippen LogP contribution in [-0.2, 0) is 0 Å². The molecule has 0 amide bonds. The van der Waals surface area contributed by atoms with Gasteiger partial charge >= 0.3 is 0 Å². The maximum atomic E-state index is 13.6. The predicted molar refractivity (Wildman–Crippen MR) is 152 cm³/mol. The van der Waals surface area contributed by atoms with E-state index < -0.39 is 11.4 Å². The fraction of sp³-hybridized carbons (Fsp3) is 0.0370. The number of nitrogens with zero attached hydrogens (tertiary/aromatic N) is 3. The van der Waals surface area contributed by atoms with Crippen molar-refractivity contribution in [2.75, 3.05) is 7.11 Å². The Morgan fingerprint density at radius 1 is 1.00 bits per heavy atom. The molecule has 194 valence electrons. The van der Waals surface area contributed by atoms with E-state index in [4.69, 9.17) is 49.3 Å². The van der Waals surface area contributed by atoms with Crippen molar-refractivity contribution in [3.8, 4) is 33.5 Å². The average molecular weight is 598 g/mol. The van der Waals surface area contributed by atoms with Crippen LogP contribution in [0.15, 0.2) is 76.1 Å². The zero-order valence-corrected chi connectivity index (χ0v) is 22.9. The van der Waals surface area contributed by atoms with Gasteiger partial charge in [0.2, 0.25) is 10.7 Å². The monoisotopic (exact) mass is 597 g/mol. The lowest BCUT2D eigenvalue weighted by atomic mass is 10.0. The third-order valence-electron chi connectivity index (χ3n) is 5.81. The van der Waals surface area contributed by atoms with Gasteiger partial charge < -0.3 is 13.9 Å². The minimum absolute atomic E-state index is 0.0499. The van der Waals surface area contributed by atoms with Gasteiger partial charge in [-0.15, -0.1) is 0 Å². The number of aromatic nitrogens is 3. The average Bonchev–Trinajstić information content (AvgIpc) is 3.32. The summed E-state index contributed by atoms with van der Waals surface area (Å²) in [5, 5.41) is 0.866. The lowest BCUT2D eigenvalue weighted by molar-refractivity contribution is 0.404. The molecule has 12 heteroatoms. The van der Waals surface area contributed by atoms with Crippen molar-refractivity contribution >= 4 is 68.1 Å². The second kappa shape index (κ2) is 10.0. The van der Waals surface area contributed by atoms with Gasteiger partial charge in [-0.05, 0) is 42.5 Å². The smallest absolute Gasteiger partial charge is 0.290 e. The van der Waals surface area contributed by atoms with Crippen molar-refractivity contribution in [1.82, 2.24) is 14.5 Å². The number of halogens is 3. The van der Waals surface area contributed by atoms with Gasteiger partial charge in [0.1, 0.15) is 17.3 Å². The second-order valence-corrected chi connectivity index (χ2v) is 10.3. The quantitative estimate of drug-likeness (QED) is 0.185. The molecule has 3 aromatic carbocycles. The zero-order chi connectivity index (χ0) is 27.3. The molecule has 6 aromatic rings. The molecule has 0 fully saturated rings. The maximum Gasteiger partial charge on any atom is 0.290 e. The fourth-order valence-corrected chi connectivity index (χ4v) is 5.75. The normalized spacial score (nSPS) is 11.3. The van der Waals surface area contributed by atoms with E-state index in [2.05, 4.69) is 9.97 Å². The number of hydrogen-bond acceptors (Lipinski definition) is 8. The van der Waals surface area contributed by atoms with E-state index in [0.717, 1.165) is 0 Å². The standard InChI is InChI=1S/C27H14Cl2FN3O4S2/c1-35-20-8-9-31-23-24(20)37-27(38)33(25(23)34)26-32-18-11-15(14-4-2-3-5-16(14)28)21(12-22(18)39-26)36-19-7-6-13(30)10-17(19)29/h2-12H,1H3. The van der Waals surface area contributed by atoms with Gasteiger partial charge in [0.25, 0.3) is 10.4 Å². The van der Waals surface area contributed by atoms with Gasteiger partial charge in [0.15, 0.2) is 11.3 Å². The first-order valence-electron chi connectivity index (χ1n) is 11.3. The minimum atomic E-state index is -0.500. The van der Waals surface area contributed by atoms with Crippen LogP contribution in [0.25, 0.3) is 37.6 Å². The molecule has 0 radical (unpaired) electrons. The van der Waals surface area contributed by atoms with E-state index in [9.17, 15) is 9.18 Å². The Hall–Kier alpha value is -3.83.